The normalized spacial score (nSPS) is 10.1. The Morgan fingerprint density at radius 3 is 2.81 bits per heavy atom. The average Bonchev–Trinajstić information content (AvgIpc) is 2.68. The summed E-state index contributed by atoms with van der Waals surface area (Å²) in [6.07, 6.45) is 5.12. The van der Waals surface area contributed by atoms with E-state index in [1.807, 2.05) is 26.0 Å². The number of anilines is 1. The minimum absolute atomic E-state index is 0.565. The number of imidazole rings is 1. The molecule has 1 N–H and O–H groups in total. The Balaban J connectivity index is 2.18. The Morgan fingerprint density at radius 2 is 2.19 bits per heavy atom. The van der Waals surface area contributed by atoms with Crippen LogP contribution in [0.5, 0.6) is 0 Å². The Kier molecular flexibility index (Phi) is 2.96. The summed E-state index contributed by atoms with van der Waals surface area (Å²) in [7, 11) is 0. The van der Waals surface area contributed by atoms with Crippen molar-refractivity contribution in [3.8, 4) is 0 Å². The van der Waals surface area contributed by atoms with E-state index in [0.29, 0.717) is 5.11 Å². The fourth-order valence-corrected chi connectivity index (χ4v) is 1.67. The number of nitrogens with one attached hydrogen (secondary N) is 1. The zero-order valence-electron chi connectivity index (χ0n) is 9.14. The molecule has 0 aliphatic carbocycles. The van der Waals surface area contributed by atoms with Gasteiger partial charge in [0.2, 0.25) is 0 Å². The molecule has 0 bridgehead atoms. The van der Waals surface area contributed by atoms with Gasteiger partial charge in [0.1, 0.15) is 12.1 Å². The predicted molar refractivity (Wildman–Crippen MR) is 67.6 cm³/mol. The second-order valence-corrected chi connectivity index (χ2v) is 3.96. The van der Waals surface area contributed by atoms with Crippen molar-refractivity contribution in [1.29, 1.82) is 0 Å². The molecule has 2 rings (SSSR count). The summed E-state index contributed by atoms with van der Waals surface area (Å²) in [4.78, 5) is 8.29. The highest BCUT2D eigenvalue weighted by atomic mass is 32.1. The van der Waals surface area contributed by atoms with Crippen LogP contribution < -0.4 is 5.32 Å². The fraction of sp³-hybridized carbons (Fsp3) is 0.182. The van der Waals surface area contributed by atoms with Crippen molar-refractivity contribution in [1.82, 2.24) is 14.5 Å². The van der Waals surface area contributed by atoms with Gasteiger partial charge in [0.25, 0.3) is 0 Å². The van der Waals surface area contributed by atoms with Gasteiger partial charge >= 0.3 is 0 Å². The highest BCUT2D eigenvalue weighted by Gasteiger charge is 2.02. The van der Waals surface area contributed by atoms with Gasteiger partial charge in [-0.1, -0.05) is 0 Å². The average molecular weight is 232 g/mol. The predicted octanol–water partition coefficient (Wildman–Crippen LogP) is 2.14. The Labute approximate surface area is 99.4 Å². The van der Waals surface area contributed by atoms with E-state index in [-0.39, 0.29) is 0 Å². The van der Waals surface area contributed by atoms with Gasteiger partial charge in [-0.05, 0) is 43.8 Å². The third-order valence-corrected chi connectivity index (χ3v) is 2.38. The third-order valence-electron chi connectivity index (χ3n) is 2.07. The second-order valence-electron chi connectivity index (χ2n) is 3.57. The van der Waals surface area contributed by atoms with E-state index in [4.69, 9.17) is 12.2 Å². The molecule has 0 radical (unpaired) electrons. The molecule has 5 heteroatoms. The van der Waals surface area contributed by atoms with Gasteiger partial charge in [-0.3, -0.25) is 4.57 Å². The minimum atomic E-state index is 0.565. The smallest absolute Gasteiger partial charge is 0.184 e. The number of rotatable bonds is 1. The summed E-state index contributed by atoms with van der Waals surface area (Å²) >= 11 is 5.21. The van der Waals surface area contributed by atoms with Crippen molar-refractivity contribution in [2.75, 3.05) is 5.32 Å². The standard InChI is InChI=1S/C11H12N4S/c1-8-5-9(2)13-10(6-8)14-11(16)15-4-3-12-7-15/h3-7H,1-2H3,(H,13,14,16). The van der Waals surface area contributed by atoms with Crippen molar-refractivity contribution in [3.05, 3.63) is 42.1 Å². The van der Waals surface area contributed by atoms with E-state index < -0.39 is 0 Å². The molecule has 2 heterocycles. The fourth-order valence-electron chi connectivity index (χ4n) is 1.46. The van der Waals surface area contributed by atoms with E-state index in [0.717, 1.165) is 17.1 Å². The monoisotopic (exact) mass is 232 g/mol. The van der Waals surface area contributed by atoms with Crippen molar-refractivity contribution < 1.29 is 0 Å². The molecule has 82 valence electrons. The van der Waals surface area contributed by atoms with Crippen LogP contribution in [0, 0.1) is 13.8 Å². The molecule has 0 spiro atoms. The molecule has 16 heavy (non-hydrogen) atoms. The summed E-state index contributed by atoms with van der Waals surface area (Å²) in [5, 5.41) is 3.63. The lowest BCUT2D eigenvalue weighted by Crippen LogP contribution is -2.18. The molecule has 0 saturated heterocycles. The molecule has 2 aromatic rings. The van der Waals surface area contributed by atoms with Crippen LogP contribution in [0.15, 0.2) is 30.9 Å². The van der Waals surface area contributed by atoms with Crippen LogP contribution in [0.25, 0.3) is 0 Å². The maximum atomic E-state index is 5.21. The lowest BCUT2D eigenvalue weighted by Gasteiger charge is -2.08. The summed E-state index contributed by atoms with van der Waals surface area (Å²) in [6, 6.07) is 3.97. The summed E-state index contributed by atoms with van der Waals surface area (Å²) < 4.78 is 1.73. The largest absolute Gasteiger partial charge is 0.317 e. The summed E-state index contributed by atoms with van der Waals surface area (Å²) in [5.74, 6) is 0.760. The summed E-state index contributed by atoms with van der Waals surface area (Å²) in [5.41, 5.74) is 2.12. The molecular weight excluding hydrogens is 220 g/mol. The van der Waals surface area contributed by atoms with Crippen molar-refractivity contribution >= 4 is 23.1 Å². The minimum Gasteiger partial charge on any atom is -0.317 e. The SMILES string of the molecule is Cc1cc(C)nc(NC(=S)n2ccnc2)c1. The first-order chi connectivity index (χ1) is 7.65. The van der Waals surface area contributed by atoms with Gasteiger partial charge in [-0.25, -0.2) is 9.97 Å². The van der Waals surface area contributed by atoms with Crippen LogP contribution in [0.1, 0.15) is 11.3 Å². The molecule has 0 aliphatic rings. The van der Waals surface area contributed by atoms with E-state index in [9.17, 15) is 0 Å². The molecular formula is C11H12N4S. The lowest BCUT2D eigenvalue weighted by atomic mass is 10.2. The maximum absolute atomic E-state index is 5.21. The number of nitrogens with zero attached hydrogens (tertiary/aromatic N) is 3. The van der Waals surface area contributed by atoms with E-state index in [1.54, 1.807) is 23.3 Å². The maximum Gasteiger partial charge on any atom is 0.184 e. The van der Waals surface area contributed by atoms with Crippen LogP contribution in [-0.2, 0) is 0 Å². The van der Waals surface area contributed by atoms with Crippen LogP contribution in [0.2, 0.25) is 0 Å². The van der Waals surface area contributed by atoms with Gasteiger partial charge < -0.3 is 5.32 Å². The number of hydrogen-bond donors (Lipinski definition) is 1. The molecule has 0 fully saturated rings. The number of hydrogen-bond acceptors (Lipinski definition) is 3. The van der Waals surface area contributed by atoms with E-state index in [1.165, 1.54) is 0 Å². The molecule has 0 aromatic carbocycles. The lowest BCUT2D eigenvalue weighted by molar-refractivity contribution is 1.13. The molecule has 0 atom stereocenters. The quantitative estimate of drug-likeness (QED) is 0.765. The van der Waals surface area contributed by atoms with Crippen molar-refractivity contribution in [3.63, 3.8) is 0 Å². The topological polar surface area (TPSA) is 42.7 Å². The number of aryl methyl sites for hydroxylation is 2. The summed E-state index contributed by atoms with van der Waals surface area (Å²) in [6.45, 7) is 3.98. The molecule has 0 amide bonds. The Bertz CT molecular complexity index is 484. The van der Waals surface area contributed by atoms with Crippen molar-refractivity contribution in [2.45, 2.75) is 13.8 Å². The highest BCUT2D eigenvalue weighted by Crippen LogP contribution is 2.09. The van der Waals surface area contributed by atoms with Crippen LogP contribution >= 0.6 is 12.2 Å². The number of aromatic nitrogens is 3. The van der Waals surface area contributed by atoms with Gasteiger partial charge in [0.15, 0.2) is 5.11 Å². The molecule has 0 unspecified atom stereocenters. The number of pyridine rings is 1. The van der Waals surface area contributed by atoms with E-state index in [2.05, 4.69) is 15.3 Å². The van der Waals surface area contributed by atoms with Gasteiger partial charge in [-0.2, -0.15) is 0 Å². The van der Waals surface area contributed by atoms with Gasteiger partial charge in [-0.15, -0.1) is 0 Å². The Hall–Kier alpha value is -1.75. The number of thiocarbonyl (C=S) groups is 1. The molecule has 0 saturated carbocycles. The van der Waals surface area contributed by atoms with Crippen LogP contribution in [0.3, 0.4) is 0 Å². The van der Waals surface area contributed by atoms with Crippen LogP contribution in [0.4, 0.5) is 5.82 Å². The first-order valence-electron chi connectivity index (χ1n) is 4.90. The van der Waals surface area contributed by atoms with Gasteiger partial charge in [0, 0.05) is 18.1 Å². The van der Waals surface area contributed by atoms with Gasteiger partial charge in [0.05, 0.1) is 0 Å². The first-order valence-corrected chi connectivity index (χ1v) is 5.30. The van der Waals surface area contributed by atoms with Crippen LogP contribution in [-0.4, -0.2) is 19.6 Å². The second kappa shape index (κ2) is 4.40. The molecule has 2 aromatic heterocycles. The highest BCUT2D eigenvalue weighted by molar-refractivity contribution is 7.80. The zero-order valence-corrected chi connectivity index (χ0v) is 9.95. The molecule has 4 nitrogen and oxygen atoms in total. The van der Waals surface area contributed by atoms with Crippen molar-refractivity contribution in [2.24, 2.45) is 0 Å². The zero-order chi connectivity index (χ0) is 11.5. The first kappa shape index (κ1) is 10.8. The molecule has 0 aliphatic heterocycles. The third kappa shape index (κ3) is 2.43. The Morgan fingerprint density at radius 1 is 1.38 bits per heavy atom. The van der Waals surface area contributed by atoms with E-state index >= 15 is 0 Å².